The number of rotatable bonds is 0. The lowest BCUT2D eigenvalue weighted by molar-refractivity contribution is -0.136. The van der Waals surface area contributed by atoms with Crippen molar-refractivity contribution in [2.75, 3.05) is 5.73 Å². The molecule has 1 aromatic heterocycles. The lowest BCUT2D eigenvalue weighted by Gasteiger charge is -2.10. The molecule has 0 aliphatic rings. The SMILES string of the molecule is Cc1nc(N)nc2c(C(F)(F)F)cccc12. The van der Waals surface area contributed by atoms with Crippen LogP contribution in [0, 0.1) is 6.92 Å². The standard InChI is InChI=1S/C10H8F3N3/c1-5-6-3-2-4-7(10(11,12)13)8(6)16-9(14)15-5/h2-4H,1H3,(H2,14,15,16). The third-order valence-corrected chi connectivity index (χ3v) is 2.24. The highest BCUT2D eigenvalue weighted by Gasteiger charge is 2.33. The van der Waals surface area contributed by atoms with E-state index in [2.05, 4.69) is 9.97 Å². The molecule has 1 aromatic carbocycles. The van der Waals surface area contributed by atoms with Crippen molar-refractivity contribution >= 4 is 16.9 Å². The van der Waals surface area contributed by atoms with Gasteiger partial charge in [-0.05, 0) is 13.0 Å². The van der Waals surface area contributed by atoms with E-state index in [-0.39, 0.29) is 11.5 Å². The first-order valence-corrected chi connectivity index (χ1v) is 4.49. The van der Waals surface area contributed by atoms with Gasteiger partial charge in [-0.3, -0.25) is 0 Å². The molecule has 2 N–H and O–H groups in total. The fourth-order valence-corrected chi connectivity index (χ4v) is 1.56. The summed E-state index contributed by atoms with van der Waals surface area (Å²) < 4.78 is 38.0. The van der Waals surface area contributed by atoms with Crippen LogP contribution in [0.1, 0.15) is 11.3 Å². The molecule has 84 valence electrons. The Bertz CT molecular complexity index is 549. The number of halogens is 3. The molecule has 16 heavy (non-hydrogen) atoms. The van der Waals surface area contributed by atoms with Crippen molar-refractivity contribution in [3.63, 3.8) is 0 Å². The third-order valence-electron chi connectivity index (χ3n) is 2.24. The second-order valence-electron chi connectivity index (χ2n) is 3.37. The van der Waals surface area contributed by atoms with Gasteiger partial charge in [0.15, 0.2) is 0 Å². The number of para-hydroxylation sites is 1. The summed E-state index contributed by atoms with van der Waals surface area (Å²) in [5, 5.41) is 0.365. The molecular formula is C10H8F3N3. The predicted molar refractivity (Wildman–Crippen MR) is 53.7 cm³/mol. The first kappa shape index (κ1) is 10.7. The first-order chi connectivity index (χ1) is 7.39. The molecule has 0 bridgehead atoms. The van der Waals surface area contributed by atoms with E-state index in [0.717, 1.165) is 6.07 Å². The highest BCUT2D eigenvalue weighted by atomic mass is 19.4. The summed E-state index contributed by atoms with van der Waals surface area (Å²) in [7, 11) is 0. The molecule has 2 aromatic rings. The molecule has 0 amide bonds. The number of hydrogen-bond donors (Lipinski definition) is 1. The Labute approximate surface area is 89.1 Å². The molecule has 0 aliphatic heterocycles. The van der Waals surface area contributed by atoms with Gasteiger partial charge in [-0.2, -0.15) is 13.2 Å². The Kier molecular flexibility index (Phi) is 2.22. The molecule has 0 aliphatic carbocycles. The summed E-state index contributed by atoms with van der Waals surface area (Å²) in [6.45, 7) is 1.60. The average molecular weight is 227 g/mol. The molecule has 0 spiro atoms. The number of anilines is 1. The van der Waals surface area contributed by atoms with E-state index in [4.69, 9.17) is 5.73 Å². The smallest absolute Gasteiger partial charge is 0.368 e. The van der Waals surface area contributed by atoms with E-state index in [9.17, 15) is 13.2 Å². The molecule has 0 atom stereocenters. The second kappa shape index (κ2) is 3.33. The van der Waals surface area contributed by atoms with Crippen LogP contribution in [0.3, 0.4) is 0 Å². The van der Waals surface area contributed by atoms with E-state index in [0.29, 0.717) is 11.1 Å². The number of nitrogen functional groups attached to an aromatic ring is 1. The van der Waals surface area contributed by atoms with Gasteiger partial charge < -0.3 is 5.73 Å². The van der Waals surface area contributed by atoms with Crippen LogP contribution in [0.15, 0.2) is 18.2 Å². The Hall–Kier alpha value is -1.85. The number of aromatic nitrogens is 2. The number of aryl methyl sites for hydroxylation is 1. The van der Waals surface area contributed by atoms with Gasteiger partial charge in [-0.25, -0.2) is 9.97 Å². The van der Waals surface area contributed by atoms with Crippen LogP contribution in [-0.2, 0) is 6.18 Å². The van der Waals surface area contributed by atoms with Crippen molar-refractivity contribution < 1.29 is 13.2 Å². The molecule has 1 heterocycles. The van der Waals surface area contributed by atoms with Crippen LogP contribution >= 0.6 is 0 Å². The van der Waals surface area contributed by atoms with E-state index in [1.807, 2.05) is 0 Å². The number of nitrogens with zero attached hydrogens (tertiary/aromatic N) is 2. The lowest BCUT2D eigenvalue weighted by Crippen LogP contribution is -2.08. The molecule has 6 heteroatoms. The number of hydrogen-bond acceptors (Lipinski definition) is 3. The predicted octanol–water partition coefficient (Wildman–Crippen LogP) is 2.54. The Morgan fingerprint density at radius 3 is 2.50 bits per heavy atom. The number of fused-ring (bicyclic) bond motifs is 1. The van der Waals surface area contributed by atoms with Crippen molar-refractivity contribution in [2.45, 2.75) is 13.1 Å². The van der Waals surface area contributed by atoms with Gasteiger partial charge in [-0.1, -0.05) is 12.1 Å². The van der Waals surface area contributed by atoms with Crippen molar-refractivity contribution in [3.8, 4) is 0 Å². The minimum atomic E-state index is -4.44. The van der Waals surface area contributed by atoms with E-state index in [1.165, 1.54) is 6.07 Å². The summed E-state index contributed by atoms with van der Waals surface area (Å²) >= 11 is 0. The molecule has 0 radical (unpaired) electrons. The van der Waals surface area contributed by atoms with Crippen molar-refractivity contribution in [2.24, 2.45) is 0 Å². The minimum absolute atomic E-state index is 0.151. The van der Waals surface area contributed by atoms with Crippen LogP contribution in [0.25, 0.3) is 10.9 Å². The topological polar surface area (TPSA) is 51.8 Å². The molecule has 2 rings (SSSR count). The third kappa shape index (κ3) is 1.66. The summed E-state index contributed by atoms with van der Waals surface area (Å²) in [4.78, 5) is 7.47. The Morgan fingerprint density at radius 2 is 1.88 bits per heavy atom. The minimum Gasteiger partial charge on any atom is -0.368 e. The van der Waals surface area contributed by atoms with Gasteiger partial charge in [0.05, 0.1) is 16.8 Å². The van der Waals surface area contributed by atoms with Crippen LogP contribution in [0.2, 0.25) is 0 Å². The number of benzene rings is 1. The van der Waals surface area contributed by atoms with Gasteiger partial charge in [0.2, 0.25) is 5.95 Å². The van der Waals surface area contributed by atoms with Gasteiger partial charge in [0, 0.05) is 5.39 Å². The lowest BCUT2D eigenvalue weighted by atomic mass is 10.1. The summed E-state index contributed by atoms with van der Waals surface area (Å²) in [6.07, 6.45) is -4.44. The van der Waals surface area contributed by atoms with Gasteiger partial charge in [0.25, 0.3) is 0 Å². The van der Waals surface area contributed by atoms with E-state index >= 15 is 0 Å². The highest BCUT2D eigenvalue weighted by Crippen LogP contribution is 2.34. The molecule has 0 saturated heterocycles. The van der Waals surface area contributed by atoms with E-state index < -0.39 is 11.7 Å². The average Bonchev–Trinajstić information content (AvgIpc) is 2.15. The maximum Gasteiger partial charge on any atom is 0.418 e. The second-order valence-corrected chi connectivity index (χ2v) is 3.37. The molecule has 0 fully saturated rings. The monoisotopic (exact) mass is 227 g/mol. The van der Waals surface area contributed by atoms with Crippen molar-refractivity contribution in [1.82, 2.24) is 9.97 Å². The van der Waals surface area contributed by atoms with Gasteiger partial charge in [0.1, 0.15) is 0 Å². The molecule has 3 nitrogen and oxygen atoms in total. The maximum absolute atomic E-state index is 12.7. The van der Waals surface area contributed by atoms with Crippen LogP contribution < -0.4 is 5.73 Å². The Balaban J connectivity index is 2.87. The summed E-state index contributed by atoms with van der Waals surface area (Å²) in [6, 6.07) is 3.85. The summed E-state index contributed by atoms with van der Waals surface area (Å²) in [5.41, 5.74) is 4.84. The normalized spacial score (nSPS) is 12.0. The van der Waals surface area contributed by atoms with Crippen molar-refractivity contribution in [1.29, 1.82) is 0 Å². The number of alkyl halides is 3. The quantitative estimate of drug-likeness (QED) is 0.752. The van der Waals surface area contributed by atoms with Crippen LogP contribution in [0.4, 0.5) is 19.1 Å². The van der Waals surface area contributed by atoms with Crippen molar-refractivity contribution in [3.05, 3.63) is 29.5 Å². The summed E-state index contributed by atoms with van der Waals surface area (Å²) in [5.74, 6) is -0.151. The number of nitrogens with two attached hydrogens (primary N) is 1. The maximum atomic E-state index is 12.7. The zero-order valence-corrected chi connectivity index (χ0v) is 8.34. The molecular weight excluding hydrogens is 219 g/mol. The fraction of sp³-hybridized carbons (Fsp3) is 0.200. The zero-order chi connectivity index (χ0) is 11.9. The largest absolute Gasteiger partial charge is 0.418 e. The first-order valence-electron chi connectivity index (χ1n) is 4.49. The zero-order valence-electron chi connectivity index (χ0n) is 8.34. The molecule has 0 unspecified atom stereocenters. The van der Waals surface area contributed by atoms with E-state index in [1.54, 1.807) is 13.0 Å². The van der Waals surface area contributed by atoms with Gasteiger partial charge >= 0.3 is 6.18 Å². The molecule has 0 saturated carbocycles. The fourth-order valence-electron chi connectivity index (χ4n) is 1.56. The Morgan fingerprint density at radius 1 is 1.19 bits per heavy atom. The van der Waals surface area contributed by atoms with Gasteiger partial charge in [-0.15, -0.1) is 0 Å². The highest BCUT2D eigenvalue weighted by molar-refractivity contribution is 5.85. The van der Waals surface area contributed by atoms with Crippen LogP contribution in [0.5, 0.6) is 0 Å². The van der Waals surface area contributed by atoms with Crippen LogP contribution in [-0.4, -0.2) is 9.97 Å².